The summed E-state index contributed by atoms with van der Waals surface area (Å²) in [5, 5.41) is 0. The van der Waals surface area contributed by atoms with E-state index >= 15 is 0 Å². The van der Waals surface area contributed by atoms with E-state index in [0.29, 0.717) is 0 Å². The number of hydrogen-bond donors (Lipinski definition) is 0. The van der Waals surface area contributed by atoms with Gasteiger partial charge in [-0.15, -0.1) is 0 Å². The molecule has 0 aliphatic carbocycles. The molecule has 21 heavy (non-hydrogen) atoms. The highest BCUT2D eigenvalue weighted by molar-refractivity contribution is 6.60. The van der Waals surface area contributed by atoms with Crippen LogP contribution in [0.1, 0.15) is 46.5 Å². The van der Waals surface area contributed by atoms with E-state index in [0.717, 1.165) is 71.2 Å². The second kappa shape index (κ2) is 11.2. The highest BCUT2D eigenvalue weighted by Crippen LogP contribution is 2.20. The van der Waals surface area contributed by atoms with Gasteiger partial charge in [0.2, 0.25) is 0 Å². The predicted molar refractivity (Wildman–Crippen MR) is 88.8 cm³/mol. The van der Waals surface area contributed by atoms with E-state index in [9.17, 15) is 0 Å². The zero-order valence-corrected chi connectivity index (χ0v) is 15.0. The molecule has 0 saturated heterocycles. The normalized spacial score (nSPS) is 15.1. The van der Waals surface area contributed by atoms with Crippen LogP contribution in [0.2, 0.25) is 6.04 Å². The maximum Gasteiger partial charge on any atom is 0.501 e. The highest BCUT2D eigenvalue weighted by Gasteiger charge is 2.40. The van der Waals surface area contributed by atoms with Crippen molar-refractivity contribution in [2.24, 2.45) is 4.99 Å². The number of nitrogens with zero attached hydrogens (tertiary/aromatic N) is 2. The van der Waals surface area contributed by atoms with Gasteiger partial charge in [-0.05, 0) is 25.7 Å². The quantitative estimate of drug-likeness (QED) is 0.490. The van der Waals surface area contributed by atoms with Crippen LogP contribution in [0.3, 0.4) is 0 Å². The zero-order chi connectivity index (χ0) is 15.4. The van der Waals surface area contributed by atoms with E-state index in [1.165, 1.54) is 0 Å². The molecule has 0 aromatic carbocycles. The van der Waals surface area contributed by atoms with E-state index in [2.05, 4.69) is 30.7 Å². The van der Waals surface area contributed by atoms with Crippen molar-refractivity contribution in [1.29, 1.82) is 0 Å². The summed E-state index contributed by atoms with van der Waals surface area (Å²) in [6.45, 7) is 11.5. The van der Waals surface area contributed by atoms with Crippen molar-refractivity contribution in [3.05, 3.63) is 0 Å². The van der Waals surface area contributed by atoms with E-state index < -0.39 is 8.80 Å². The SMILES string of the molecule is CCCO[Si](CCCN1C=NCC1)(OCCC)OCCC. The van der Waals surface area contributed by atoms with Gasteiger partial charge in [-0.25, -0.2) is 0 Å². The van der Waals surface area contributed by atoms with Crippen LogP contribution in [0.5, 0.6) is 0 Å². The van der Waals surface area contributed by atoms with Crippen LogP contribution in [0, 0.1) is 0 Å². The summed E-state index contributed by atoms with van der Waals surface area (Å²) in [5.41, 5.74) is 0. The molecule has 0 saturated carbocycles. The minimum absolute atomic E-state index is 0.727. The van der Waals surface area contributed by atoms with Crippen molar-refractivity contribution in [2.75, 3.05) is 39.5 Å². The molecule has 0 aromatic heterocycles. The van der Waals surface area contributed by atoms with Crippen molar-refractivity contribution in [1.82, 2.24) is 4.90 Å². The van der Waals surface area contributed by atoms with Gasteiger partial charge in [0.25, 0.3) is 0 Å². The monoisotopic (exact) mass is 316 g/mol. The first kappa shape index (κ1) is 18.6. The molecule has 1 aliphatic heterocycles. The van der Waals surface area contributed by atoms with E-state index in [4.69, 9.17) is 13.3 Å². The molecule has 1 heterocycles. The Morgan fingerprint density at radius 2 is 1.57 bits per heavy atom. The lowest BCUT2D eigenvalue weighted by molar-refractivity contribution is 0.0584. The van der Waals surface area contributed by atoms with Crippen LogP contribution in [-0.4, -0.2) is 59.5 Å². The molecule has 1 rings (SSSR count). The van der Waals surface area contributed by atoms with Crippen molar-refractivity contribution in [2.45, 2.75) is 52.5 Å². The molecule has 0 unspecified atom stereocenters. The fourth-order valence-electron chi connectivity index (χ4n) is 2.20. The van der Waals surface area contributed by atoms with Gasteiger partial charge in [0.05, 0.1) is 12.9 Å². The summed E-state index contributed by atoms with van der Waals surface area (Å²) in [5.74, 6) is 0. The van der Waals surface area contributed by atoms with Crippen LogP contribution in [0.15, 0.2) is 4.99 Å². The molecule has 0 bridgehead atoms. The first-order chi connectivity index (χ1) is 10.3. The van der Waals surface area contributed by atoms with Gasteiger partial charge < -0.3 is 18.2 Å². The van der Waals surface area contributed by atoms with Gasteiger partial charge in [0.1, 0.15) is 0 Å². The zero-order valence-electron chi connectivity index (χ0n) is 14.0. The highest BCUT2D eigenvalue weighted by atomic mass is 28.4. The first-order valence-corrected chi connectivity index (χ1v) is 10.4. The summed E-state index contributed by atoms with van der Waals surface area (Å²) in [6, 6.07) is 0.900. The molecule has 5 nitrogen and oxygen atoms in total. The molecule has 0 fully saturated rings. The Balaban J connectivity index is 2.49. The third-order valence-electron chi connectivity index (χ3n) is 3.27. The van der Waals surface area contributed by atoms with Crippen molar-refractivity contribution >= 4 is 15.1 Å². The van der Waals surface area contributed by atoms with Crippen molar-refractivity contribution in [3.63, 3.8) is 0 Å². The summed E-state index contributed by atoms with van der Waals surface area (Å²) < 4.78 is 18.3. The maximum absolute atomic E-state index is 6.09. The summed E-state index contributed by atoms with van der Waals surface area (Å²) in [7, 11) is -2.50. The molecular formula is C15H32N2O3Si. The Kier molecular flexibility index (Phi) is 9.91. The Bertz CT molecular complexity index is 268. The molecule has 0 aromatic rings. The third kappa shape index (κ3) is 7.40. The lowest BCUT2D eigenvalue weighted by Crippen LogP contribution is -2.47. The molecule has 0 atom stereocenters. The third-order valence-corrected chi connectivity index (χ3v) is 6.17. The minimum atomic E-state index is -2.50. The van der Waals surface area contributed by atoms with Gasteiger partial charge >= 0.3 is 8.80 Å². The maximum atomic E-state index is 6.09. The van der Waals surface area contributed by atoms with E-state index in [1.807, 2.05) is 6.34 Å². The summed E-state index contributed by atoms with van der Waals surface area (Å²) in [6.07, 6.45) is 5.99. The van der Waals surface area contributed by atoms with Gasteiger partial charge in [-0.3, -0.25) is 4.99 Å². The molecule has 0 amide bonds. The number of aliphatic imine (C=N–C) groups is 1. The molecule has 1 aliphatic rings. The molecule has 0 spiro atoms. The largest absolute Gasteiger partial charge is 0.501 e. The average molecular weight is 317 g/mol. The van der Waals surface area contributed by atoms with Crippen LogP contribution >= 0.6 is 0 Å². The minimum Gasteiger partial charge on any atom is -0.373 e. The molecule has 6 heteroatoms. The number of rotatable bonds is 13. The summed E-state index contributed by atoms with van der Waals surface area (Å²) in [4.78, 5) is 6.51. The average Bonchev–Trinajstić information content (AvgIpc) is 3.01. The van der Waals surface area contributed by atoms with Crippen LogP contribution in [-0.2, 0) is 13.3 Å². The van der Waals surface area contributed by atoms with Crippen LogP contribution < -0.4 is 0 Å². The molecule has 0 radical (unpaired) electrons. The topological polar surface area (TPSA) is 43.3 Å². The van der Waals surface area contributed by atoms with Gasteiger partial charge in [-0.1, -0.05) is 20.8 Å². The van der Waals surface area contributed by atoms with Crippen molar-refractivity contribution in [3.8, 4) is 0 Å². The lowest BCUT2D eigenvalue weighted by Gasteiger charge is -2.30. The molecule has 0 N–H and O–H groups in total. The smallest absolute Gasteiger partial charge is 0.373 e. The second-order valence-corrected chi connectivity index (χ2v) is 8.12. The standard InChI is InChI=1S/C15H32N2O3Si/c1-4-11-18-21(19-12-5-2,20-13-6-3)14-7-9-17-10-8-16-15-17/h15H,4-14H2,1-3H3. The van der Waals surface area contributed by atoms with E-state index in [1.54, 1.807) is 0 Å². The lowest BCUT2D eigenvalue weighted by atomic mass is 10.4. The fraction of sp³-hybridized carbons (Fsp3) is 0.933. The Morgan fingerprint density at radius 3 is 2.00 bits per heavy atom. The Labute approximate surface area is 131 Å². The van der Waals surface area contributed by atoms with E-state index in [-0.39, 0.29) is 0 Å². The Hall–Kier alpha value is -0.433. The van der Waals surface area contributed by atoms with Crippen LogP contribution in [0.25, 0.3) is 0 Å². The molecule has 124 valence electrons. The molecular weight excluding hydrogens is 284 g/mol. The Morgan fingerprint density at radius 1 is 1.00 bits per heavy atom. The number of hydrogen-bond acceptors (Lipinski definition) is 5. The van der Waals surface area contributed by atoms with Gasteiger partial charge in [-0.2, -0.15) is 0 Å². The van der Waals surface area contributed by atoms with Crippen molar-refractivity contribution < 1.29 is 13.3 Å². The van der Waals surface area contributed by atoms with Gasteiger partial charge in [0, 0.05) is 39.0 Å². The van der Waals surface area contributed by atoms with Crippen LogP contribution in [0.4, 0.5) is 0 Å². The predicted octanol–water partition coefficient (Wildman–Crippen LogP) is 2.94. The summed E-state index contributed by atoms with van der Waals surface area (Å²) >= 11 is 0. The fourth-order valence-corrected chi connectivity index (χ4v) is 5.02. The first-order valence-electron chi connectivity index (χ1n) is 8.42. The van der Waals surface area contributed by atoms with Gasteiger partial charge in [0.15, 0.2) is 0 Å². The second-order valence-electron chi connectivity index (χ2n) is 5.39.